The first-order valence-electron chi connectivity index (χ1n) is 6.60. The predicted molar refractivity (Wildman–Crippen MR) is 74.0 cm³/mol. The van der Waals surface area contributed by atoms with Crippen molar-refractivity contribution in [1.29, 1.82) is 0 Å². The second-order valence-electron chi connectivity index (χ2n) is 4.76. The van der Waals surface area contributed by atoms with E-state index in [1.807, 2.05) is 0 Å². The lowest BCUT2D eigenvalue weighted by Gasteiger charge is -2.17. The van der Waals surface area contributed by atoms with Crippen molar-refractivity contribution >= 4 is 23.2 Å². The summed E-state index contributed by atoms with van der Waals surface area (Å²) >= 11 is 12.4. The molecule has 1 fully saturated rings. The Morgan fingerprint density at radius 1 is 1.10 bits per heavy atom. The number of benzene rings is 1. The van der Waals surface area contributed by atoms with Crippen LogP contribution in [0.1, 0.15) is 25.3 Å². The summed E-state index contributed by atoms with van der Waals surface area (Å²) in [5.74, 6) is -5.14. The predicted octanol–water partition coefficient (Wildman–Crippen LogP) is 4.39. The van der Waals surface area contributed by atoms with Gasteiger partial charge in [0.1, 0.15) is 4.33 Å². The molecule has 0 N–H and O–H groups in total. The Labute approximate surface area is 131 Å². The molecule has 0 amide bonds. The average Bonchev–Trinajstić information content (AvgIpc) is 2.98. The van der Waals surface area contributed by atoms with Crippen molar-refractivity contribution in [3.8, 4) is 0 Å². The van der Waals surface area contributed by atoms with Crippen molar-refractivity contribution in [2.45, 2.75) is 30.4 Å². The highest BCUT2D eigenvalue weighted by Gasteiger charge is 2.68. The minimum Gasteiger partial charge on any atom is -0.353 e. The van der Waals surface area contributed by atoms with E-state index in [4.69, 9.17) is 32.7 Å². The van der Waals surface area contributed by atoms with Crippen molar-refractivity contribution in [2.75, 3.05) is 13.2 Å². The Balaban J connectivity index is 2.28. The second kappa shape index (κ2) is 6.32. The average molecular weight is 343 g/mol. The maximum Gasteiger partial charge on any atom is 0.194 e. The fourth-order valence-electron chi connectivity index (χ4n) is 2.46. The van der Waals surface area contributed by atoms with Gasteiger partial charge in [-0.25, -0.2) is 13.2 Å². The SMILES string of the molecule is CCOC(OCC)[C@H]1[C@H](c2cc(F)c(F)c(F)c2)C1(Cl)Cl. The number of rotatable bonds is 6. The van der Waals surface area contributed by atoms with Gasteiger partial charge >= 0.3 is 0 Å². The number of hydrogen-bond donors (Lipinski definition) is 0. The first-order chi connectivity index (χ1) is 9.84. The van der Waals surface area contributed by atoms with Crippen molar-refractivity contribution in [2.24, 2.45) is 5.92 Å². The summed E-state index contributed by atoms with van der Waals surface area (Å²) in [6.45, 7) is 4.32. The van der Waals surface area contributed by atoms with E-state index in [2.05, 4.69) is 0 Å². The number of ether oxygens (including phenoxy) is 2. The summed E-state index contributed by atoms with van der Waals surface area (Å²) in [5, 5.41) is 0. The van der Waals surface area contributed by atoms with Gasteiger partial charge in [-0.1, -0.05) is 0 Å². The monoisotopic (exact) mass is 342 g/mol. The van der Waals surface area contributed by atoms with E-state index in [-0.39, 0.29) is 5.56 Å². The molecule has 2 nitrogen and oxygen atoms in total. The molecule has 0 spiro atoms. The molecule has 1 saturated carbocycles. The van der Waals surface area contributed by atoms with Crippen molar-refractivity contribution in [3.63, 3.8) is 0 Å². The van der Waals surface area contributed by atoms with Gasteiger partial charge in [-0.05, 0) is 31.5 Å². The number of halogens is 5. The van der Waals surface area contributed by atoms with Crippen LogP contribution in [0.5, 0.6) is 0 Å². The normalized spacial score (nSPS) is 23.6. The Kier molecular flexibility index (Phi) is 5.08. The molecule has 1 aromatic carbocycles. The third-order valence-electron chi connectivity index (χ3n) is 3.43. The quantitative estimate of drug-likeness (QED) is 0.433. The summed E-state index contributed by atoms with van der Waals surface area (Å²) < 4.78 is 49.3. The molecule has 0 heterocycles. The van der Waals surface area contributed by atoms with Crippen LogP contribution in [0.2, 0.25) is 0 Å². The zero-order valence-corrected chi connectivity index (χ0v) is 13.0. The molecule has 0 aromatic heterocycles. The molecule has 0 radical (unpaired) electrons. The first-order valence-corrected chi connectivity index (χ1v) is 7.35. The summed E-state index contributed by atoms with van der Waals surface area (Å²) in [4.78, 5) is 0. The van der Waals surface area contributed by atoms with E-state index in [0.29, 0.717) is 13.2 Å². The van der Waals surface area contributed by atoms with Crippen LogP contribution in [0, 0.1) is 23.4 Å². The lowest BCUT2D eigenvalue weighted by Crippen LogP contribution is -2.22. The summed E-state index contributed by atoms with van der Waals surface area (Å²) in [5.41, 5.74) is 0.186. The second-order valence-corrected chi connectivity index (χ2v) is 6.20. The number of alkyl halides is 2. The van der Waals surface area contributed by atoms with Crippen molar-refractivity contribution in [1.82, 2.24) is 0 Å². The van der Waals surface area contributed by atoms with Crippen molar-refractivity contribution < 1.29 is 22.6 Å². The molecule has 1 aliphatic rings. The molecule has 2 rings (SSSR count). The molecule has 0 aliphatic heterocycles. The molecule has 7 heteroatoms. The van der Waals surface area contributed by atoms with Gasteiger partial charge in [0.2, 0.25) is 0 Å². The van der Waals surface area contributed by atoms with E-state index in [0.717, 1.165) is 12.1 Å². The lowest BCUT2D eigenvalue weighted by molar-refractivity contribution is -0.149. The van der Waals surface area contributed by atoms with Crippen LogP contribution in [-0.4, -0.2) is 23.8 Å². The van der Waals surface area contributed by atoms with Crippen LogP contribution in [0.25, 0.3) is 0 Å². The number of hydrogen-bond acceptors (Lipinski definition) is 2. The lowest BCUT2D eigenvalue weighted by atomic mass is 10.1. The minimum atomic E-state index is -1.52. The summed E-state index contributed by atoms with van der Waals surface area (Å²) in [6.07, 6.45) is -0.684. The van der Waals surface area contributed by atoms with Gasteiger partial charge in [-0.15, -0.1) is 23.2 Å². The smallest absolute Gasteiger partial charge is 0.194 e. The summed E-state index contributed by atoms with van der Waals surface area (Å²) in [6, 6.07) is 1.80. The largest absolute Gasteiger partial charge is 0.353 e. The molecule has 1 aromatic rings. The van der Waals surface area contributed by atoms with Crippen LogP contribution in [0.4, 0.5) is 13.2 Å². The maximum absolute atomic E-state index is 13.3. The molecular weight excluding hydrogens is 328 g/mol. The van der Waals surface area contributed by atoms with Crippen LogP contribution >= 0.6 is 23.2 Å². The topological polar surface area (TPSA) is 18.5 Å². The van der Waals surface area contributed by atoms with Gasteiger partial charge in [0.05, 0.1) is 5.92 Å². The highest BCUT2D eigenvalue weighted by molar-refractivity contribution is 6.52. The third kappa shape index (κ3) is 3.16. The zero-order chi connectivity index (χ0) is 15.8. The molecule has 1 aliphatic carbocycles. The molecule has 21 heavy (non-hydrogen) atoms. The van der Waals surface area contributed by atoms with E-state index in [9.17, 15) is 13.2 Å². The van der Waals surface area contributed by atoms with Crippen LogP contribution in [-0.2, 0) is 9.47 Å². The highest BCUT2D eigenvalue weighted by atomic mass is 35.5. The van der Waals surface area contributed by atoms with E-state index in [1.165, 1.54) is 0 Å². The molecule has 0 bridgehead atoms. The van der Waals surface area contributed by atoms with Gasteiger partial charge in [0, 0.05) is 19.1 Å². The highest BCUT2D eigenvalue weighted by Crippen LogP contribution is 2.67. The maximum atomic E-state index is 13.3. The fraction of sp³-hybridized carbons (Fsp3) is 0.571. The molecule has 118 valence electrons. The fourth-order valence-corrected chi connectivity index (χ4v) is 3.31. The molecule has 0 unspecified atom stereocenters. The Morgan fingerprint density at radius 3 is 2.00 bits per heavy atom. The molecular formula is C14H15Cl2F3O2. The van der Waals surface area contributed by atoms with Gasteiger partial charge in [-0.2, -0.15) is 0 Å². The van der Waals surface area contributed by atoms with E-state index >= 15 is 0 Å². The van der Waals surface area contributed by atoms with E-state index in [1.54, 1.807) is 13.8 Å². The van der Waals surface area contributed by atoms with Crippen LogP contribution < -0.4 is 0 Å². The van der Waals surface area contributed by atoms with Gasteiger partial charge in [-0.3, -0.25) is 0 Å². The van der Waals surface area contributed by atoms with Crippen LogP contribution in [0.3, 0.4) is 0 Å². The van der Waals surface area contributed by atoms with Gasteiger partial charge in [0.15, 0.2) is 23.7 Å². The first kappa shape index (κ1) is 16.9. The van der Waals surface area contributed by atoms with Gasteiger partial charge < -0.3 is 9.47 Å². The zero-order valence-electron chi connectivity index (χ0n) is 11.5. The Morgan fingerprint density at radius 2 is 1.57 bits per heavy atom. The van der Waals surface area contributed by atoms with Crippen molar-refractivity contribution in [3.05, 3.63) is 35.1 Å². The van der Waals surface area contributed by atoms with Gasteiger partial charge in [0.25, 0.3) is 0 Å². The molecule has 0 saturated heterocycles. The molecule has 2 atom stereocenters. The minimum absolute atomic E-state index is 0.186. The summed E-state index contributed by atoms with van der Waals surface area (Å²) in [7, 11) is 0. The van der Waals surface area contributed by atoms with Crippen LogP contribution in [0.15, 0.2) is 12.1 Å². The standard InChI is InChI=1S/C14H15Cl2F3O2/c1-3-20-13(21-4-2)11-10(14(11,15)16)7-5-8(17)12(19)9(18)6-7/h5-6,10-11,13H,3-4H2,1-2H3/t10-,11+/m0/s1. The van der Waals surface area contributed by atoms with E-state index < -0.39 is 39.9 Å². The Bertz CT molecular complexity index is 496. The third-order valence-corrected chi connectivity index (χ3v) is 4.40. The Hall–Kier alpha value is -0.490.